The van der Waals surface area contributed by atoms with Crippen LogP contribution in [0.4, 0.5) is 0 Å². The largest absolute Gasteiger partial charge is 0.459 e. The lowest BCUT2D eigenvalue weighted by Crippen LogP contribution is -2.32. The maximum Gasteiger partial charge on any atom is 0.308 e. The molecule has 0 atom stereocenters. The maximum absolute atomic E-state index is 11.6. The number of carbonyl (C=O) groups excluding carboxylic acids is 1. The van der Waals surface area contributed by atoms with Crippen LogP contribution in [0, 0.1) is 5.92 Å². The highest BCUT2D eigenvalue weighted by molar-refractivity contribution is 6.30. The van der Waals surface area contributed by atoms with Crippen molar-refractivity contribution < 1.29 is 9.53 Å². The molecule has 0 bridgehead atoms. The lowest BCUT2D eigenvalue weighted by molar-refractivity contribution is -0.160. The number of halogens is 1. The van der Waals surface area contributed by atoms with Gasteiger partial charge in [0.05, 0.1) is 5.92 Å². The highest BCUT2D eigenvalue weighted by atomic mass is 35.5. The van der Waals surface area contributed by atoms with Crippen molar-refractivity contribution in [3.05, 3.63) is 34.9 Å². The average molecular weight is 255 g/mol. The molecule has 1 aromatic rings. The van der Waals surface area contributed by atoms with Crippen LogP contribution < -0.4 is 0 Å². The summed E-state index contributed by atoms with van der Waals surface area (Å²) in [5.41, 5.74) is 0.561. The number of benzene rings is 1. The number of rotatable bonds is 4. The molecule has 0 saturated carbocycles. The standard InChI is InChI=1S/C14H19ClO2/c1-10(2)13(16)17-14(3,4)9-11-6-5-7-12(15)8-11/h5-8,10H,9H2,1-4H3. The number of carbonyl (C=O) groups is 1. The van der Waals surface area contributed by atoms with Crippen molar-refractivity contribution >= 4 is 17.6 Å². The number of ether oxygens (including phenoxy) is 1. The van der Waals surface area contributed by atoms with Gasteiger partial charge in [-0.2, -0.15) is 0 Å². The van der Waals surface area contributed by atoms with Crippen molar-refractivity contribution in [1.82, 2.24) is 0 Å². The normalized spacial score (nSPS) is 11.6. The molecular weight excluding hydrogens is 236 g/mol. The first kappa shape index (κ1) is 14.0. The number of esters is 1. The van der Waals surface area contributed by atoms with E-state index in [-0.39, 0.29) is 11.9 Å². The summed E-state index contributed by atoms with van der Waals surface area (Å²) in [5, 5.41) is 0.702. The lowest BCUT2D eigenvalue weighted by Gasteiger charge is -2.26. The van der Waals surface area contributed by atoms with E-state index in [0.29, 0.717) is 11.4 Å². The van der Waals surface area contributed by atoms with Crippen LogP contribution in [-0.2, 0) is 16.0 Å². The van der Waals surface area contributed by atoms with E-state index in [1.54, 1.807) is 0 Å². The number of hydrogen-bond acceptors (Lipinski definition) is 2. The molecule has 0 fully saturated rings. The first-order chi connectivity index (χ1) is 7.80. The minimum absolute atomic E-state index is 0.103. The Morgan fingerprint density at radius 3 is 2.59 bits per heavy atom. The second-order valence-electron chi connectivity index (χ2n) is 5.14. The van der Waals surface area contributed by atoms with Crippen LogP contribution in [-0.4, -0.2) is 11.6 Å². The molecule has 0 N–H and O–H groups in total. The minimum atomic E-state index is -0.508. The third-order valence-electron chi connectivity index (χ3n) is 2.37. The van der Waals surface area contributed by atoms with Gasteiger partial charge in [-0.25, -0.2) is 0 Å². The minimum Gasteiger partial charge on any atom is -0.459 e. The van der Waals surface area contributed by atoms with Gasteiger partial charge in [0.25, 0.3) is 0 Å². The summed E-state index contributed by atoms with van der Waals surface area (Å²) >= 11 is 5.92. The van der Waals surface area contributed by atoms with Gasteiger partial charge < -0.3 is 4.74 Å². The van der Waals surface area contributed by atoms with E-state index in [9.17, 15) is 4.79 Å². The van der Waals surface area contributed by atoms with Gasteiger partial charge in [0.15, 0.2) is 0 Å². The van der Waals surface area contributed by atoms with Gasteiger partial charge in [0, 0.05) is 11.4 Å². The van der Waals surface area contributed by atoms with E-state index in [4.69, 9.17) is 16.3 Å². The summed E-state index contributed by atoms with van der Waals surface area (Å²) in [5.74, 6) is -0.273. The smallest absolute Gasteiger partial charge is 0.308 e. The van der Waals surface area contributed by atoms with Gasteiger partial charge in [-0.15, -0.1) is 0 Å². The summed E-state index contributed by atoms with van der Waals surface area (Å²) < 4.78 is 5.46. The molecule has 0 unspecified atom stereocenters. The van der Waals surface area contributed by atoms with E-state index < -0.39 is 5.60 Å². The lowest BCUT2D eigenvalue weighted by atomic mass is 9.98. The first-order valence-corrected chi connectivity index (χ1v) is 6.15. The van der Waals surface area contributed by atoms with Gasteiger partial charge >= 0.3 is 5.97 Å². The third kappa shape index (κ3) is 4.78. The third-order valence-corrected chi connectivity index (χ3v) is 2.60. The summed E-state index contributed by atoms with van der Waals surface area (Å²) in [6, 6.07) is 7.61. The molecular formula is C14H19ClO2. The summed E-state index contributed by atoms with van der Waals surface area (Å²) in [4.78, 5) is 11.6. The fraction of sp³-hybridized carbons (Fsp3) is 0.500. The Labute approximate surface area is 108 Å². The van der Waals surface area contributed by atoms with Gasteiger partial charge in [-0.05, 0) is 31.5 Å². The molecule has 0 amide bonds. The van der Waals surface area contributed by atoms with Crippen LogP contribution in [0.5, 0.6) is 0 Å². The summed E-state index contributed by atoms with van der Waals surface area (Å²) in [6.45, 7) is 7.48. The van der Waals surface area contributed by atoms with Gasteiger partial charge in [0.2, 0.25) is 0 Å². The second-order valence-corrected chi connectivity index (χ2v) is 5.58. The van der Waals surface area contributed by atoms with E-state index in [2.05, 4.69) is 0 Å². The zero-order valence-electron chi connectivity index (χ0n) is 10.8. The Kier molecular flexibility index (Phi) is 4.58. The molecule has 0 heterocycles. The predicted octanol–water partition coefficient (Wildman–Crippen LogP) is 3.86. The predicted molar refractivity (Wildman–Crippen MR) is 70.2 cm³/mol. The van der Waals surface area contributed by atoms with Gasteiger partial charge in [-0.3, -0.25) is 4.79 Å². The summed E-state index contributed by atoms with van der Waals surface area (Å²) in [7, 11) is 0. The van der Waals surface area contributed by atoms with E-state index in [1.807, 2.05) is 52.0 Å². The zero-order valence-corrected chi connectivity index (χ0v) is 11.5. The molecule has 0 aromatic heterocycles. The fourth-order valence-electron chi connectivity index (χ4n) is 1.56. The van der Waals surface area contributed by atoms with E-state index in [0.717, 1.165) is 5.56 Å². The maximum atomic E-state index is 11.6. The van der Waals surface area contributed by atoms with Crippen molar-refractivity contribution in [3.8, 4) is 0 Å². The Hall–Kier alpha value is -1.02. The van der Waals surface area contributed by atoms with Gasteiger partial charge in [0.1, 0.15) is 5.60 Å². The van der Waals surface area contributed by atoms with E-state index in [1.165, 1.54) is 0 Å². The van der Waals surface area contributed by atoms with Crippen molar-refractivity contribution in [2.24, 2.45) is 5.92 Å². The van der Waals surface area contributed by atoms with Crippen LogP contribution in [0.3, 0.4) is 0 Å². The monoisotopic (exact) mass is 254 g/mol. The van der Waals surface area contributed by atoms with Crippen molar-refractivity contribution in [3.63, 3.8) is 0 Å². The van der Waals surface area contributed by atoms with Crippen molar-refractivity contribution in [2.45, 2.75) is 39.7 Å². The molecule has 2 nitrogen and oxygen atoms in total. The molecule has 17 heavy (non-hydrogen) atoms. The Bertz CT molecular complexity index is 397. The number of hydrogen-bond donors (Lipinski definition) is 0. The van der Waals surface area contributed by atoms with Crippen LogP contribution in [0.2, 0.25) is 5.02 Å². The average Bonchev–Trinajstić information content (AvgIpc) is 2.15. The fourth-order valence-corrected chi connectivity index (χ4v) is 1.78. The molecule has 0 aliphatic heterocycles. The van der Waals surface area contributed by atoms with E-state index >= 15 is 0 Å². The second kappa shape index (κ2) is 5.54. The van der Waals surface area contributed by atoms with Gasteiger partial charge in [-0.1, -0.05) is 37.6 Å². The quantitative estimate of drug-likeness (QED) is 0.763. The molecule has 94 valence electrons. The molecule has 1 aromatic carbocycles. The summed E-state index contributed by atoms with van der Waals surface area (Å²) in [6.07, 6.45) is 0.659. The van der Waals surface area contributed by atoms with Crippen molar-refractivity contribution in [2.75, 3.05) is 0 Å². The van der Waals surface area contributed by atoms with Crippen LogP contribution in [0.15, 0.2) is 24.3 Å². The van der Waals surface area contributed by atoms with Crippen LogP contribution in [0.25, 0.3) is 0 Å². The van der Waals surface area contributed by atoms with Crippen LogP contribution in [0.1, 0.15) is 33.3 Å². The SMILES string of the molecule is CC(C)C(=O)OC(C)(C)Cc1cccc(Cl)c1. The molecule has 0 saturated heterocycles. The van der Waals surface area contributed by atoms with Crippen molar-refractivity contribution in [1.29, 1.82) is 0 Å². The molecule has 0 aliphatic rings. The molecule has 0 aliphatic carbocycles. The highest BCUT2D eigenvalue weighted by Gasteiger charge is 2.24. The Morgan fingerprint density at radius 1 is 1.41 bits per heavy atom. The zero-order chi connectivity index (χ0) is 13.1. The highest BCUT2D eigenvalue weighted by Crippen LogP contribution is 2.20. The van der Waals surface area contributed by atoms with Crippen LogP contribution >= 0.6 is 11.6 Å². The Balaban J connectivity index is 2.69. The molecule has 0 radical (unpaired) electrons. The Morgan fingerprint density at radius 2 is 2.06 bits per heavy atom. The topological polar surface area (TPSA) is 26.3 Å². The molecule has 3 heteroatoms. The first-order valence-electron chi connectivity index (χ1n) is 5.77. The molecule has 1 rings (SSSR count). The molecule has 0 spiro atoms.